The second-order valence-corrected chi connectivity index (χ2v) is 5.60. The second kappa shape index (κ2) is 4.19. The normalized spacial score (nSPS) is 36.2. The number of hydrogen-bond donors (Lipinski definition) is 1. The molecule has 0 heterocycles. The van der Waals surface area contributed by atoms with Crippen molar-refractivity contribution in [3.05, 3.63) is 0 Å². The lowest BCUT2D eigenvalue weighted by molar-refractivity contribution is -0.0697. The molecule has 0 amide bonds. The molecule has 2 unspecified atom stereocenters. The maximum absolute atomic E-state index is 10.4. The molecule has 0 aromatic heterocycles. The molecule has 2 nitrogen and oxygen atoms in total. The number of ether oxygens (including phenoxy) is 1. The molecule has 0 spiro atoms. The topological polar surface area (TPSA) is 29.5 Å². The fourth-order valence-electron chi connectivity index (χ4n) is 2.68. The van der Waals surface area contributed by atoms with E-state index in [1.54, 1.807) is 0 Å². The Labute approximate surface area is 87.7 Å². The number of hydrogen-bond acceptors (Lipinski definition) is 2. The molecular weight excluding hydrogens is 176 g/mol. The Bertz CT molecular complexity index is 189. The fraction of sp³-hybridized carbons (Fsp3) is 1.00. The summed E-state index contributed by atoms with van der Waals surface area (Å²) in [5, 5.41) is 10.4. The summed E-state index contributed by atoms with van der Waals surface area (Å²) < 4.78 is 5.48. The van der Waals surface area contributed by atoms with Crippen molar-refractivity contribution in [1.82, 2.24) is 0 Å². The monoisotopic (exact) mass is 200 g/mol. The molecule has 2 atom stereocenters. The summed E-state index contributed by atoms with van der Waals surface area (Å²) in [6, 6.07) is 0. The lowest BCUT2D eigenvalue weighted by Crippen LogP contribution is -2.37. The van der Waals surface area contributed by atoms with Gasteiger partial charge in [-0.1, -0.05) is 27.7 Å². The maximum Gasteiger partial charge on any atom is 0.0910 e. The van der Waals surface area contributed by atoms with Crippen LogP contribution in [0.5, 0.6) is 0 Å². The SMILES string of the molecule is CCCOCC1(O)CC(C)(C)CC1C. The van der Waals surface area contributed by atoms with Gasteiger partial charge in [0.05, 0.1) is 12.2 Å². The highest BCUT2D eigenvalue weighted by atomic mass is 16.5. The smallest absolute Gasteiger partial charge is 0.0910 e. The van der Waals surface area contributed by atoms with Crippen molar-refractivity contribution in [2.24, 2.45) is 11.3 Å². The summed E-state index contributed by atoms with van der Waals surface area (Å²) in [6.45, 7) is 9.93. The molecule has 0 aliphatic heterocycles. The van der Waals surface area contributed by atoms with E-state index in [-0.39, 0.29) is 5.41 Å². The van der Waals surface area contributed by atoms with E-state index in [9.17, 15) is 5.11 Å². The molecule has 1 aliphatic rings. The van der Waals surface area contributed by atoms with Gasteiger partial charge in [-0.3, -0.25) is 0 Å². The predicted octanol–water partition coefficient (Wildman–Crippen LogP) is 2.60. The van der Waals surface area contributed by atoms with Crippen LogP contribution in [0.4, 0.5) is 0 Å². The lowest BCUT2D eigenvalue weighted by Gasteiger charge is -2.28. The molecule has 0 radical (unpaired) electrons. The zero-order chi connectivity index (χ0) is 10.8. The molecule has 1 fully saturated rings. The van der Waals surface area contributed by atoms with Crippen molar-refractivity contribution in [2.75, 3.05) is 13.2 Å². The number of aliphatic hydroxyl groups is 1. The zero-order valence-electron chi connectivity index (χ0n) is 9.97. The van der Waals surface area contributed by atoms with Crippen LogP contribution in [0.2, 0.25) is 0 Å². The van der Waals surface area contributed by atoms with Crippen molar-refractivity contribution in [2.45, 2.75) is 52.6 Å². The molecule has 0 aromatic carbocycles. The van der Waals surface area contributed by atoms with E-state index in [0.29, 0.717) is 12.5 Å². The van der Waals surface area contributed by atoms with Crippen molar-refractivity contribution < 1.29 is 9.84 Å². The summed E-state index contributed by atoms with van der Waals surface area (Å²) in [4.78, 5) is 0. The van der Waals surface area contributed by atoms with Gasteiger partial charge in [0.15, 0.2) is 0 Å². The first-order valence-electron chi connectivity index (χ1n) is 5.70. The standard InChI is InChI=1S/C12H24O2/c1-5-6-14-9-12(13)8-11(3,4)7-10(12)2/h10,13H,5-9H2,1-4H3. The molecular formula is C12H24O2. The Hall–Kier alpha value is -0.0800. The maximum atomic E-state index is 10.4. The first-order valence-corrected chi connectivity index (χ1v) is 5.70. The summed E-state index contributed by atoms with van der Waals surface area (Å²) in [7, 11) is 0. The van der Waals surface area contributed by atoms with E-state index in [2.05, 4.69) is 27.7 Å². The van der Waals surface area contributed by atoms with Crippen LogP contribution in [-0.4, -0.2) is 23.9 Å². The van der Waals surface area contributed by atoms with Gasteiger partial charge in [0.1, 0.15) is 0 Å². The average Bonchev–Trinajstić information content (AvgIpc) is 2.21. The first kappa shape index (κ1) is 12.0. The van der Waals surface area contributed by atoms with Crippen LogP contribution in [0.15, 0.2) is 0 Å². The van der Waals surface area contributed by atoms with Gasteiger partial charge >= 0.3 is 0 Å². The minimum atomic E-state index is -0.585. The molecule has 1 rings (SSSR count). The van der Waals surface area contributed by atoms with E-state index in [1.165, 1.54) is 0 Å². The summed E-state index contributed by atoms with van der Waals surface area (Å²) >= 11 is 0. The van der Waals surface area contributed by atoms with E-state index >= 15 is 0 Å². The molecule has 84 valence electrons. The molecule has 0 saturated heterocycles. The van der Waals surface area contributed by atoms with E-state index in [1.807, 2.05) is 0 Å². The van der Waals surface area contributed by atoms with Crippen LogP contribution >= 0.6 is 0 Å². The van der Waals surface area contributed by atoms with Crippen LogP contribution in [-0.2, 0) is 4.74 Å². The van der Waals surface area contributed by atoms with E-state index < -0.39 is 5.60 Å². The average molecular weight is 200 g/mol. The van der Waals surface area contributed by atoms with Gasteiger partial charge in [0, 0.05) is 6.61 Å². The highest BCUT2D eigenvalue weighted by Crippen LogP contribution is 2.47. The van der Waals surface area contributed by atoms with Crippen LogP contribution in [0.3, 0.4) is 0 Å². The summed E-state index contributed by atoms with van der Waals surface area (Å²) in [6.07, 6.45) is 2.98. The lowest BCUT2D eigenvalue weighted by atomic mass is 9.89. The minimum Gasteiger partial charge on any atom is -0.387 e. The third-order valence-corrected chi connectivity index (χ3v) is 3.26. The van der Waals surface area contributed by atoms with Crippen molar-refractivity contribution in [1.29, 1.82) is 0 Å². The van der Waals surface area contributed by atoms with Crippen molar-refractivity contribution in [3.63, 3.8) is 0 Å². The zero-order valence-corrected chi connectivity index (χ0v) is 9.97. The minimum absolute atomic E-state index is 0.268. The molecule has 1 N–H and O–H groups in total. The molecule has 1 saturated carbocycles. The Morgan fingerprint density at radius 2 is 2.07 bits per heavy atom. The number of rotatable bonds is 4. The fourth-order valence-corrected chi connectivity index (χ4v) is 2.68. The molecule has 14 heavy (non-hydrogen) atoms. The van der Waals surface area contributed by atoms with Crippen molar-refractivity contribution >= 4 is 0 Å². The van der Waals surface area contributed by atoms with Gasteiger partial charge in [-0.05, 0) is 30.6 Å². The van der Waals surface area contributed by atoms with Gasteiger partial charge in [0.25, 0.3) is 0 Å². The highest BCUT2D eigenvalue weighted by molar-refractivity contribution is 4.98. The summed E-state index contributed by atoms with van der Waals surface area (Å²) in [5.41, 5.74) is -0.317. The third-order valence-electron chi connectivity index (χ3n) is 3.26. The largest absolute Gasteiger partial charge is 0.387 e. The highest BCUT2D eigenvalue weighted by Gasteiger charge is 2.47. The van der Waals surface area contributed by atoms with Crippen LogP contribution in [0, 0.1) is 11.3 Å². The molecule has 0 bridgehead atoms. The van der Waals surface area contributed by atoms with Gasteiger partial charge in [-0.15, -0.1) is 0 Å². The van der Waals surface area contributed by atoms with E-state index in [0.717, 1.165) is 25.9 Å². The third kappa shape index (κ3) is 2.71. The van der Waals surface area contributed by atoms with Crippen molar-refractivity contribution in [3.8, 4) is 0 Å². The Kier molecular flexibility index (Phi) is 3.59. The Morgan fingerprint density at radius 1 is 1.43 bits per heavy atom. The second-order valence-electron chi connectivity index (χ2n) is 5.60. The molecule has 1 aliphatic carbocycles. The molecule has 0 aromatic rings. The quantitative estimate of drug-likeness (QED) is 0.707. The summed E-state index contributed by atoms with van der Waals surface area (Å²) in [5.74, 6) is 0.356. The Balaban J connectivity index is 2.48. The van der Waals surface area contributed by atoms with Crippen LogP contribution in [0.25, 0.3) is 0 Å². The van der Waals surface area contributed by atoms with E-state index in [4.69, 9.17) is 4.74 Å². The van der Waals surface area contributed by atoms with Gasteiger partial charge < -0.3 is 9.84 Å². The van der Waals surface area contributed by atoms with Crippen LogP contribution < -0.4 is 0 Å². The van der Waals surface area contributed by atoms with Gasteiger partial charge in [0.2, 0.25) is 0 Å². The van der Waals surface area contributed by atoms with Gasteiger partial charge in [-0.25, -0.2) is 0 Å². The molecule has 2 heteroatoms. The predicted molar refractivity (Wildman–Crippen MR) is 58.2 cm³/mol. The first-order chi connectivity index (χ1) is 6.40. The van der Waals surface area contributed by atoms with Crippen LogP contribution in [0.1, 0.15) is 47.0 Å². The Morgan fingerprint density at radius 3 is 2.50 bits per heavy atom. The van der Waals surface area contributed by atoms with Gasteiger partial charge in [-0.2, -0.15) is 0 Å².